The fourth-order valence-corrected chi connectivity index (χ4v) is 2.42. The third-order valence-electron chi connectivity index (χ3n) is 3.80. The number of rotatable bonds is 6. The first-order valence-corrected chi connectivity index (χ1v) is 7.64. The molecule has 1 heterocycles. The lowest BCUT2D eigenvalue weighted by Crippen LogP contribution is -2.28. The van der Waals surface area contributed by atoms with Crippen molar-refractivity contribution in [3.63, 3.8) is 0 Å². The fourth-order valence-electron chi connectivity index (χ4n) is 2.42. The van der Waals surface area contributed by atoms with E-state index in [-0.39, 0.29) is 12.7 Å². The highest BCUT2D eigenvalue weighted by atomic mass is 16.7. The summed E-state index contributed by atoms with van der Waals surface area (Å²) in [7, 11) is 1.99. The predicted molar refractivity (Wildman–Crippen MR) is 88.7 cm³/mol. The molecule has 5 heteroatoms. The predicted octanol–water partition coefficient (Wildman–Crippen LogP) is 2.56. The Balaban J connectivity index is 1.45. The molecule has 0 atom stereocenters. The first-order chi connectivity index (χ1) is 11.2. The lowest BCUT2D eigenvalue weighted by atomic mass is 10.2. The van der Waals surface area contributed by atoms with E-state index < -0.39 is 0 Å². The topological polar surface area (TPSA) is 50.8 Å². The molecule has 0 aliphatic carbocycles. The standard InChI is InChI=1S/C18H20N2O3/c1-20(15-5-3-2-4-6-15)10-9-18(21)19-12-14-7-8-16-17(11-14)23-13-22-16/h2-8,11H,9-10,12-13H2,1H3,(H,19,21). The molecular weight excluding hydrogens is 292 g/mol. The van der Waals surface area contributed by atoms with Crippen molar-refractivity contribution in [3.8, 4) is 11.5 Å². The van der Waals surface area contributed by atoms with Crippen LogP contribution in [0.4, 0.5) is 5.69 Å². The minimum absolute atomic E-state index is 0.0328. The Bertz CT molecular complexity index is 673. The zero-order chi connectivity index (χ0) is 16.1. The number of benzene rings is 2. The molecule has 1 aliphatic rings. The monoisotopic (exact) mass is 312 g/mol. The van der Waals surface area contributed by atoms with Crippen LogP contribution < -0.4 is 19.7 Å². The fraction of sp³-hybridized carbons (Fsp3) is 0.278. The summed E-state index contributed by atoms with van der Waals surface area (Å²) in [4.78, 5) is 14.1. The first-order valence-electron chi connectivity index (χ1n) is 7.64. The van der Waals surface area contributed by atoms with Crippen LogP contribution in [0.2, 0.25) is 0 Å². The van der Waals surface area contributed by atoms with E-state index in [0.717, 1.165) is 22.7 Å². The van der Waals surface area contributed by atoms with Crippen molar-refractivity contribution in [2.45, 2.75) is 13.0 Å². The lowest BCUT2D eigenvalue weighted by molar-refractivity contribution is -0.121. The molecule has 0 aromatic heterocycles. The van der Waals surface area contributed by atoms with Crippen LogP contribution in [0, 0.1) is 0 Å². The number of hydrogen-bond donors (Lipinski definition) is 1. The second-order valence-corrected chi connectivity index (χ2v) is 5.47. The Morgan fingerprint density at radius 3 is 2.74 bits per heavy atom. The van der Waals surface area contributed by atoms with Crippen LogP contribution in [-0.2, 0) is 11.3 Å². The smallest absolute Gasteiger partial charge is 0.231 e. The molecule has 23 heavy (non-hydrogen) atoms. The number of nitrogens with one attached hydrogen (secondary N) is 1. The number of anilines is 1. The highest BCUT2D eigenvalue weighted by Crippen LogP contribution is 2.32. The van der Waals surface area contributed by atoms with Gasteiger partial charge in [-0.3, -0.25) is 4.79 Å². The van der Waals surface area contributed by atoms with Crippen molar-refractivity contribution in [2.75, 3.05) is 25.3 Å². The number of nitrogens with zero attached hydrogens (tertiary/aromatic N) is 1. The third kappa shape index (κ3) is 3.94. The van der Waals surface area contributed by atoms with Crippen LogP contribution in [0.5, 0.6) is 11.5 Å². The number of para-hydroxylation sites is 1. The maximum absolute atomic E-state index is 12.0. The van der Waals surface area contributed by atoms with Gasteiger partial charge >= 0.3 is 0 Å². The number of fused-ring (bicyclic) bond motifs is 1. The molecular formula is C18H20N2O3. The normalized spacial score (nSPS) is 12.0. The molecule has 0 saturated heterocycles. The minimum Gasteiger partial charge on any atom is -0.454 e. The average Bonchev–Trinajstić information content (AvgIpc) is 3.06. The number of ether oxygens (including phenoxy) is 2. The van der Waals surface area contributed by atoms with Crippen LogP contribution >= 0.6 is 0 Å². The summed E-state index contributed by atoms with van der Waals surface area (Å²) in [5, 5.41) is 2.93. The van der Waals surface area contributed by atoms with Crippen molar-refractivity contribution < 1.29 is 14.3 Å². The van der Waals surface area contributed by atoms with Crippen molar-refractivity contribution in [1.29, 1.82) is 0 Å². The molecule has 1 aliphatic heterocycles. The molecule has 0 radical (unpaired) electrons. The molecule has 1 N–H and O–H groups in total. The van der Waals surface area contributed by atoms with E-state index in [4.69, 9.17) is 9.47 Å². The maximum Gasteiger partial charge on any atom is 0.231 e. The van der Waals surface area contributed by atoms with Crippen molar-refractivity contribution in [1.82, 2.24) is 5.32 Å². The van der Waals surface area contributed by atoms with Gasteiger partial charge in [0.15, 0.2) is 11.5 Å². The summed E-state index contributed by atoms with van der Waals surface area (Å²) < 4.78 is 10.6. The SMILES string of the molecule is CN(CCC(=O)NCc1ccc2c(c1)OCO2)c1ccccc1. The van der Waals surface area contributed by atoms with Gasteiger partial charge in [-0.1, -0.05) is 24.3 Å². The Hall–Kier alpha value is -2.69. The number of carbonyl (C=O) groups is 1. The molecule has 1 amide bonds. The van der Waals surface area contributed by atoms with E-state index >= 15 is 0 Å². The van der Waals surface area contributed by atoms with E-state index in [1.54, 1.807) is 0 Å². The summed E-state index contributed by atoms with van der Waals surface area (Å²) in [6.45, 7) is 1.43. The summed E-state index contributed by atoms with van der Waals surface area (Å²) in [5.74, 6) is 1.52. The van der Waals surface area contributed by atoms with Crippen molar-refractivity contribution in [3.05, 3.63) is 54.1 Å². The summed E-state index contributed by atoms with van der Waals surface area (Å²) in [5.41, 5.74) is 2.11. The van der Waals surface area contributed by atoms with Gasteiger partial charge in [-0.25, -0.2) is 0 Å². The Morgan fingerprint density at radius 2 is 1.91 bits per heavy atom. The lowest BCUT2D eigenvalue weighted by Gasteiger charge is -2.18. The van der Waals surface area contributed by atoms with Crippen molar-refractivity contribution in [2.24, 2.45) is 0 Å². The van der Waals surface area contributed by atoms with Gasteiger partial charge in [0.25, 0.3) is 0 Å². The highest BCUT2D eigenvalue weighted by Gasteiger charge is 2.13. The molecule has 5 nitrogen and oxygen atoms in total. The zero-order valence-electron chi connectivity index (χ0n) is 13.1. The molecule has 0 fully saturated rings. The van der Waals surface area contributed by atoms with Crippen molar-refractivity contribution >= 4 is 11.6 Å². The first kappa shape index (κ1) is 15.2. The molecule has 0 spiro atoms. The van der Waals surface area contributed by atoms with Crippen LogP contribution in [0.25, 0.3) is 0 Å². The van der Waals surface area contributed by atoms with Gasteiger partial charge < -0.3 is 19.7 Å². The van der Waals surface area contributed by atoms with Gasteiger partial charge in [-0.15, -0.1) is 0 Å². The maximum atomic E-state index is 12.0. The largest absolute Gasteiger partial charge is 0.454 e. The third-order valence-corrected chi connectivity index (χ3v) is 3.80. The molecule has 0 saturated carbocycles. The van der Waals surface area contributed by atoms with Gasteiger partial charge in [-0.05, 0) is 29.8 Å². The molecule has 120 valence electrons. The minimum atomic E-state index is 0.0328. The highest BCUT2D eigenvalue weighted by molar-refractivity contribution is 5.76. The molecule has 2 aromatic carbocycles. The second kappa shape index (κ2) is 7.05. The average molecular weight is 312 g/mol. The quantitative estimate of drug-likeness (QED) is 0.890. The van der Waals surface area contributed by atoms with E-state index in [2.05, 4.69) is 10.2 Å². The van der Waals surface area contributed by atoms with E-state index in [1.165, 1.54) is 0 Å². The van der Waals surface area contributed by atoms with Crippen LogP contribution in [0.15, 0.2) is 48.5 Å². The summed E-state index contributed by atoms with van der Waals surface area (Å²) in [6.07, 6.45) is 0.454. The molecule has 0 unspecified atom stereocenters. The van der Waals surface area contributed by atoms with Gasteiger partial charge in [0.05, 0.1) is 0 Å². The van der Waals surface area contributed by atoms with Gasteiger partial charge in [0.2, 0.25) is 12.7 Å². The van der Waals surface area contributed by atoms with E-state index in [1.807, 2.05) is 55.6 Å². The van der Waals surface area contributed by atoms with Crippen LogP contribution in [-0.4, -0.2) is 26.3 Å². The van der Waals surface area contributed by atoms with Crippen LogP contribution in [0.3, 0.4) is 0 Å². The van der Waals surface area contributed by atoms with Gasteiger partial charge in [-0.2, -0.15) is 0 Å². The number of carbonyl (C=O) groups excluding carboxylic acids is 1. The van der Waals surface area contributed by atoms with Gasteiger partial charge in [0, 0.05) is 32.2 Å². The van der Waals surface area contributed by atoms with E-state index in [9.17, 15) is 4.79 Å². The van der Waals surface area contributed by atoms with E-state index in [0.29, 0.717) is 19.5 Å². The summed E-state index contributed by atoms with van der Waals surface area (Å²) in [6, 6.07) is 15.7. The molecule has 2 aromatic rings. The Labute approximate surface area is 135 Å². The molecule has 0 bridgehead atoms. The zero-order valence-corrected chi connectivity index (χ0v) is 13.1. The number of amides is 1. The molecule has 3 rings (SSSR count). The van der Waals surface area contributed by atoms with Crippen LogP contribution in [0.1, 0.15) is 12.0 Å². The number of hydrogen-bond acceptors (Lipinski definition) is 4. The van der Waals surface area contributed by atoms with Gasteiger partial charge in [0.1, 0.15) is 0 Å². The summed E-state index contributed by atoms with van der Waals surface area (Å²) >= 11 is 0. The Morgan fingerprint density at radius 1 is 1.13 bits per heavy atom. The second-order valence-electron chi connectivity index (χ2n) is 5.47. The Kier molecular flexibility index (Phi) is 4.66.